The first-order valence-electron chi connectivity index (χ1n) is 7.27. The molecule has 0 unspecified atom stereocenters. The largest absolute Gasteiger partial charge is 0.444 e. The summed E-state index contributed by atoms with van der Waals surface area (Å²) >= 11 is 5.90. The standard InChI is InChI=1S/C16H23ClFNO3/c1-5-7-12(19-15(21)22-16(2,3)4)14(20)10-8-6-9-11(18)13(10)17/h6,8-9,12,14,20H,5,7H2,1-4H3,(H,19,21)/t12-,14+/m1/s1. The molecule has 0 heterocycles. The second-order valence-electron chi connectivity index (χ2n) is 6.13. The molecule has 0 aliphatic heterocycles. The van der Waals surface area contributed by atoms with Gasteiger partial charge < -0.3 is 15.2 Å². The molecule has 0 fully saturated rings. The number of rotatable bonds is 5. The topological polar surface area (TPSA) is 58.6 Å². The monoisotopic (exact) mass is 331 g/mol. The van der Waals surface area contributed by atoms with Crippen molar-refractivity contribution in [2.75, 3.05) is 0 Å². The van der Waals surface area contributed by atoms with E-state index in [9.17, 15) is 14.3 Å². The Bertz CT molecular complexity index is 517. The van der Waals surface area contributed by atoms with E-state index in [1.54, 1.807) is 20.8 Å². The van der Waals surface area contributed by atoms with Crippen LogP contribution in [0.3, 0.4) is 0 Å². The number of alkyl carbamates (subject to hydrolysis) is 1. The number of ether oxygens (including phenoxy) is 1. The van der Waals surface area contributed by atoms with Gasteiger partial charge >= 0.3 is 6.09 Å². The zero-order chi connectivity index (χ0) is 16.9. The van der Waals surface area contributed by atoms with Crippen molar-refractivity contribution in [2.24, 2.45) is 0 Å². The fraction of sp³-hybridized carbons (Fsp3) is 0.562. The average molecular weight is 332 g/mol. The maximum absolute atomic E-state index is 13.5. The Morgan fingerprint density at radius 3 is 2.64 bits per heavy atom. The van der Waals surface area contributed by atoms with Crippen LogP contribution >= 0.6 is 11.6 Å². The van der Waals surface area contributed by atoms with Crippen molar-refractivity contribution in [3.05, 3.63) is 34.6 Å². The van der Waals surface area contributed by atoms with Gasteiger partial charge in [0.1, 0.15) is 17.5 Å². The lowest BCUT2D eigenvalue weighted by molar-refractivity contribution is 0.0413. The molecule has 1 amide bonds. The molecule has 0 aliphatic rings. The minimum absolute atomic E-state index is 0.137. The van der Waals surface area contributed by atoms with Gasteiger partial charge in [-0.3, -0.25) is 0 Å². The zero-order valence-electron chi connectivity index (χ0n) is 13.3. The SMILES string of the molecule is CCC[C@@H](NC(=O)OC(C)(C)C)[C@@H](O)c1cccc(F)c1Cl. The molecule has 0 saturated carbocycles. The number of aliphatic hydroxyl groups is 1. The predicted octanol–water partition coefficient (Wildman–Crippen LogP) is 4.21. The van der Waals surface area contributed by atoms with Crippen LogP contribution in [0, 0.1) is 5.82 Å². The Morgan fingerprint density at radius 1 is 1.45 bits per heavy atom. The third-order valence-corrected chi connectivity index (χ3v) is 3.38. The highest BCUT2D eigenvalue weighted by molar-refractivity contribution is 6.31. The Labute approximate surface area is 135 Å². The van der Waals surface area contributed by atoms with Crippen LogP contribution < -0.4 is 5.32 Å². The quantitative estimate of drug-likeness (QED) is 0.849. The summed E-state index contributed by atoms with van der Waals surface area (Å²) in [6.07, 6.45) is -0.509. The summed E-state index contributed by atoms with van der Waals surface area (Å²) in [6, 6.07) is 3.61. The Hall–Kier alpha value is -1.33. The number of hydrogen-bond donors (Lipinski definition) is 2. The minimum Gasteiger partial charge on any atom is -0.444 e. The number of amides is 1. The number of halogens is 2. The van der Waals surface area contributed by atoms with E-state index in [2.05, 4.69) is 5.32 Å². The molecule has 2 atom stereocenters. The Morgan fingerprint density at radius 2 is 2.09 bits per heavy atom. The van der Waals surface area contributed by atoms with Gasteiger partial charge in [-0.25, -0.2) is 9.18 Å². The molecule has 6 heteroatoms. The molecule has 1 rings (SSSR count). The van der Waals surface area contributed by atoms with E-state index < -0.39 is 29.7 Å². The molecule has 0 saturated heterocycles. The number of hydrogen-bond acceptors (Lipinski definition) is 3. The third kappa shape index (κ3) is 5.46. The smallest absolute Gasteiger partial charge is 0.407 e. The molecule has 22 heavy (non-hydrogen) atoms. The van der Waals surface area contributed by atoms with Crippen molar-refractivity contribution in [3.63, 3.8) is 0 Å². The van der Waals surface area contributed by atoms with Crippen LogP contribution in [0.15, 0.2) is 18.2 Å². The van der Waals surface area contributed by atoms with Gasteiger partial charge in [-0.1, -0.05) is 37.1 Å². The molecule has 1 aromatic carbocycles. The van der Waals surface area contributed by atoms with Gasteiger partial charge in [-0.2, -0.15) is 0 Å². The molecular formula is C16H23ClFNO3. The van der Waals surface area contributed by atoms with Crippen LogP contribution in [-0.2, 0) is 4.74 Å². The maximum atomic E-state index is 13.5. The van der Waals surface area contributed by atoms with Gasteiger partial charge in [-0.15, -0.1) is 0 Å². The van der Waals surface area contributed by atoms with Crippen LogP contribution in [0.1, 0.15) is 52.2 Å². The summed E-state index contributed by atoms with van der Waals surface area (Å²) in [5.74, 6) is -0.606. The summed E-state index contributed by atoms with van der Waals surface area (Å²) < 4.78 is 18.7. The number of nitrogens with one attached hydrogen (secondary N) is 1. The van der Waals surface area contributed by atoms with Crippen LogP contribution in [0.2, 0.25) is 5.02 Å². The molecule has 2 N–H and O–H groups in total. The van der Waals surface area contributed by atoms with Gasteiger partial charge in [-0.05, 0) is 33.3 Å². The Balaban J connectivity index is 2.90. The van der Waals surface area contributed by atoms with E-state index in [1.165, 1.54) is 18.2 Å². The van der Waals surface area contributed by atoms with Gasteiger partial charge in [0.2, 0.25) is 0 Å². The highest BCUT2D eigenvalue weighted by atomic mass is 35.5. The molecule has 1 aromatic rings. The second kappa shape index (κ2) is 7.79. The summed E-state index contributed by atoms with van der Waals surface area (Å²) in [6.45, 7) is 7.17. The van der Waals surface area contributed by atoms with E-state index in [4.69, 9.17) is 16.3 Å². The first-order valence-corrected chi connectivity index (χ1v) is 7.65. The van der Waals surface area contributed by atoms with Crippen LogP contribution in [0.4, 0.5) is 9.18 Å². The van der Waals surface area contributed by atoms with Crippen LogP contribution in [0.5, 0.6) is 0 Å². The summed E-state index contributed by atoms with van der Waals surface area (Å²) in [5, 5.41) is 12.9. The first-order chi connectivity index (χ1) is 10.2. The summed E-state index contributed by atoms with van der Waals surface area (Å²) in [5.41, 5.74) is -0.390. The molecule has 0 bridgehead atoms. The first kappa shape index (κ1) is 18.7. The van der Waals surface area contributed by atoms with Crippen molar-refractivity contribution in [1.29, 1.82) is 0 Å². The minimum atomic E-state index is -1.12. The molecule has 0 aromatic heterocycles. The van der Waals surface area contributed by atoms with Crippen molar-refractivity contribution in [1.82, 2.24) is 5.32 Å². The van der Waals surface area contributed by atoms with E-state index in [-0.39, 0.29) is 10.6 Å². The van der Waals surface area contributed by atoms with E-state index in [0.29, 0.717) is 6.42 Å². The number of benzene rings is 1. The highest BCUT2D eigenvalue weighted by Crippen LogP contribution is 2.29. The summed E-state index contributed by atoms with van der Waals surface area (Å²) in [4.78, 5) is 11.9. The lowest BCUT2D eigenvalue weighted by Gasteiger charge is -2.27. The van der Waals surface area contributed by atoms with Crippen molar-refractivity contribution >= 4 is 17.7 Å². The zero-order valence-corrected chi connectivity index (χ0v) is 14.1. The highest BCUT2D eigenvalue weighted by Gasteiger charge is 2.27. The lowest BCUT2D eigenvalue weighted by Crippen LogP contribution is -2.42. The Kier molecular flexibility index (Phi) is 6.63. The van der Waals surface area contributed by atoms with Crippen molar-refractivity contribution in [3.8, 4) is 0 Å². The second-order valence-corrected chi connectivity index (χ2v) is 6.51. The number of aliphatic hydroxyl groups excluding tert-OH is 1. The molecule has 124 valence electrons. The van der Waals surface area contributed by atoms with Gasteiger partial charge in [0.15, 0.2) is 0 Å². The third-order valence-electron chi connectivity index (χ3n) is 2.98. The molecule has 0 aliphatic carbocycles. The lowest BCUT2D eigenvalue weighted by atomic mass is 9.98. The van der Waals surface area contributed by atoms with E-state index >= 15 is 0 Å². The maximum Gasteiger partial charge on any atom is 0.407 e. The number of carbonyl (C=O) groups is 1. The predicted molar refractivity (Wildman–Crippen MR) is 84.4 cm³/mol. The van der Waals surface area contributed by atoms with Gasteiger partial charge in [0.25, 0.3) is 0 Å². The molecule has 4 nitrogen and oxygen atoms in total. The van der Waals surface area contributed by atoms with Gasteiger partial charge in [0.05, 0.1) is 11.1 Å². The fourth-order valence-electron chi connectivity index (χ4n) is 2.04. The fourth-order valence-corrected chi connectivity index (χ4v) is 2.28. The van der Waals surface area contributed by atoms with E-state index in [0.717, 1.165) is 6.42 Å². The molecular weight excluding hydrogens is 309 g/mol. The van der Waals surface area contributed by atoms with Crippen LogP contribution in [-0.4, -0.2) is 22.8 Å². The average Bonchev–Trinajstić information content (AvgIpc) is 2.38. The van der Waals surface area contributed by atoms with Crippen LogP contribution in [0.25, 0.3) is 0 Å². The molecule has 0 radical (unpaired) electrons. The normalized spacial score (nSPS) is 14.3. The van der Waals surface area contributed by atoms with Crippen molar-refractivity contribution < 1.29 is 19.0 Å². The van der Waals surface area contributed by atoms with E-state index in [1.807, 2.05) is 6.92 Å². The van der Waals surface area contributed by atoms with Gasteiger partial charge in [0, 0.05) is 5.56 Å². The number of carbonyl (C=O) groups excluding carboxylic acids is 1. The molecule has 0 spiro atoms. The van der Waals surface area contributed by atoms with Crippen molar-refractivity contribution in [2.45, 2.75) is 58.3 Å². The summed E-state index contributed by atoms with van der Waals surface area (Å²) in [7, 11) is 0.